The number of benzene rings is 2. The van der Waals surface area contributed by atoms with Crippen LogP contribution in [0.4, 0.5) is 0 Å². The van der Waals surface area contributed by atoms with Gasteiger partial charge in [-0.2, -0.15) is 0 Å². The maximum absolute atomic E-state index is 11.3. The lowest BCUT2D eigenvalue weighted by Crippen LogP contribution is -2.25. The Labute approximate surface area is 128 Å². The topological polar surface area (TPSA) is 20.2 Å². The van der Waals surface area contributed by atoms with E-state index in [1.807, 2.05) is 31.2 Å². The van der Waals surface area contributed by atoms with E-state index in [2.05, 4.69) is 50.0 Å². The van der Waals surface area contributed by atoms with Gasteiger partial charge >= 0.3 is 0 Å². The molecule has 0 aliphatic heterocycles. The monoisotopic (exact) mass is 294 g/mol. The molecule has 0 bridgehead atoms. The Bertz CT molecular complexity index is 706. The van der Waals surface area contributed by atoms with Gasteiger partial charge in [-0.3, -0.25) is 0 Å². The zero-order chi connectivity index (χ0) is 15.3. The van der Waals surface area contributed by atoms with Gasteiger partial charge in [0.25, 0.3) is 0 Å². The first-order valence-corrected chi connectivity index (χ1v) is 11.0. The van der Waals surface area contributed by atoms with Crippen LogP contribution in [0, 0.1) is 0 Å². The minimum Gasteiger partial charge on any atom is -0.381 e. The summed E-state index contributed by atoms with van der Waals surface area (Å²) in [5.41, 5.74) is 3.61. The molecule has 0 saturated heterocycles. The Balaban J connectivity index is 2.37. The highest BCUT2D eigenvalue weighted by atomic mass is 28.3. The van der Waals surface area contributed by atoms with Crippen LogP contribution in [-0.4, -0.2) is 13.2 Å². The molecule has 0 fully saturated rings. The van der Waals surface area contributed by atoms with Gasteiger partial charge in [-0.15, -0.1) is 0 Å². The van der Waals surface area contributed by atoms with Crippen LogP contribution < -0.4 is 0 Å². The van der Waals surface area contributed by atoms with E-state index in [4.69, 9.17) is 0 Å². The number of aliphatic hydroxyl groups is 1. The normalized spacial score (nSPS) is 21.6. The van der Waals surface area contributed by atoms with E-state index in [1.54, 1.807) is 0 Å². The van der Waals surface area contributed by atoms with E-state index >= 15 is 0 Å². The molecular formula is C19H22OSi. The van der Waals surface area contributed by atoms with Gasteiger partial charge in [0, 0.05) is 0 Å². The highest BCUT2D eigenvalue weighted by Crippen LogP contribution is 2.52. The van der Waals surface area contributed by atoms with Crippen LogP contribution in [0.3, 0.4) is 0 Å². The van der Waals surface area contributed by atoms with E-state index in [-0.39, 0.29) is 0 Å². The van der Waals surface area contributed by atoms with Crippen molar-refractivity contribution < 1.29 is 5.11 Å². The van der Waals surface area contributed by atoms with Crippen LogP contribution in [0.15, 0.2) is 54.6 Å². The maximum atomic E-state index is 11.3. The van der Waals surface area contributed by atoms with Gasteiger partial charge in [0.15, 0.2) is 0 Å². The molecule has 0 saturated carbocycles. The highest BCUT2D eigenvalue weighted by Gasteiger charge is 2.43. The Hall–Kier alpha value is -1.64. The third-order valence-electron chi connectivity index (χ3n) is 4.27. The van der Waals surface area contributed by atoms with Gasteiger partial charge in [0.1, 0.15) is 5.60 Å². The van der Waals surface area contributed by atoms with Crippen LogP contribution >= 0.6 is 0 Å². The van der Waals surface area contributed by atoms with Crippen molar-refractivity contribution in [2.24, 2.45) is 0 Å². The smallest absolute Gasteiger partial charge is 0.113 e. The van der Waals surface area contributed by atoms with E-state index in [0.717, 1.165) is 16.7 Å². The largest absolute Gasteiger partial charge is 0.381 e. The van der Waals surface area contributed by atoms with Crippen molar-refractivity contribution in [3.63, 3.8) is 0 Å². The number of hydrogen-bond donors (Lipinski definition) is 1. The van der Waals surface area contributed by atoms with Gasteiger partial charge < -0.3 is 5.11 Å². The second-order valence-electron chi connectivity index (χ2n) is 6.98. The average Bonchev–Trinajstić information content (AvgIpc) is 2.68. The quantitative estimate of drug-likeness (QED) is 0.796. The van der Waals surface area contributed by atoms with Gasteiger partial charge in [-0.25, -0.2) is 0 Å². The van der Waals surface area contributed by atoms with Crippen molar-refractivity contribution in [2.75, 3.05) is 0 Å². The first-order chi connectivity index (χ1) is 9.83. The van der Waals surface area contributed by atoms with Crippen LogP contribution in [0.2, 0.25) is 19.6 Å². The zero-order valence-electron chi connectivity index (χ0n) is 13.1. The fourth-order valence-electron chi connectivity index (χ4n) is 3.45. The molecule has 21 heavy (non-hydrogen) atoms. The summed E-state index contributed by atoms with van der Waals surface area (Å²) < 4.78 is 0. The van der Waals surface area contributed by atoms with Gasteiger partial charge in [-0.05, 0) is 34.4 Å². The molecule has 1 aliphatic rings. The van der Waals surface area contributed by atoms with E-state index in [9.17, 15) is 5.11 Å². The molecule has 0 amide bonds. The second-order valence-corrected chi connectivity index (χ2v) is 12.0. The average molecular weight is 294 g/mol. The van der Waals surface area contributed by atoms with E-state index in [1.165, 1.54) is 10.8 Å². The number of hydrogen-bond acceptors (Lipinski definition) is 1. The van der Waals surface area contributed by atoms with E-state index < -0.39 is 13.7 Å². The van der Waals surface area contributed by atoms with Crippen LogP contribution in [0.25, 0.3) is 10.8 Å². The van der Waals surface area contributed by atoms with Crippen molar-refractivity contribution in [2.45, 2.75) is 32.2 Å². The fraction of sp³-hybridized carbons (Fsp3) is 0.263. The van der Waals surface area contributed by atoms with Gasteiger partial charge in [0.2, 0.25) is 0 Å². The summed E-state index contributed by atoms with van der Waals surface area (Å²) in [7, 11) is -1.59. The summed E-state index contributed by atoms with van der Waals surface area (Å²) in [6.07, 6.45) is 0. The Kier molecular flexibility index (Phi) is 3.19. The first kappa shape index (κ1) is 14.3. The Morgan fingerprint density at radius 1 is 0.857 bits per heavy atom. The molecule has 3 rings (SSSR count). The summed E-state index contributed by atoms with van der Waals surface area (Å²) in [5, 5.41) is 12.6. The van der Waals surface area contributed by atoms with Crippen molar-refractivity contribution >= 4 is 18.8 Å². The SMILES string of the molecule is CC1(O)C(c2ccccc2)=C([Si](C)(C)C)c2ccccc21. The summed E-state index contributed by atoms with van der Waals surface area (Å²) in [6.45, 7) is 8.98. The lowest BCUT2D eigenvalue weighted by atomic mass is 9.88. The number of rotatable bonds is 2. The van der Waals surface area contributed by atoms with Crippen LogP contribution in [0.5, 0.6) is 0 Å². The molecule has 1 N–H and O–H groups in total. The lowest BCUT2D eigenvalue weighted by Gasteiger charge is -2.26. The van der Waals surface area contributed by atoms with Crippen LogP contribution in [0.1, 0.15) is 23.6 Å². The zero-order valence-corrected chi connectivity index (χ0v) is 14.1. The molecule has 1 aliphatic carbocycles. The molecule has 0 aromatic heterocycles. The Morgan fingerprint density at radius 3 is 2.05 bits per heavy atom. The fourth-order valence-corrected chi connectivity index (χ4v) is 5.61. The van der Waals surface area contributed by atoms with Crippen LogP contribution in [-0.2, 0) is 5.60 Å². The molecule has 1 unspecified atom stereocenters. The Morgan fingerprint density at radius 2 is 1.43 bits per heavy atom. The minimum absolute atomic E-state index is 0.909. The molecule has 0 heterocycles. The molecule has 0 spiro atoms. The first-order valence-electron chi connectivity index (χ1n) is 7.46. The third kappa shape index (κ3) is 2.19. The molecule has 2 aromatic rings. The van der Waals surface area contributed by atoms with Crippen molar-refractivity contribution in [1.82, 2.24) is 0 Å². The van der Waals surface area contributed by atoms with Crippen molar-refractivity contribution in [1.29, 1.82) is 0 Å². The predicted molar refractivity (Wildman–Crippen MR) is 92.6 cm³/mol. The molecular weight excluding hydrogens is 272 g/mol. The van der Waals surface area contributed by atoms with Crippen molar-refractivity contribution in [3.8, 4) is 0 Å². The van der Waals surface area contributed by atoms with E-state index in [0.29, 0.717) is 0 Å². The minimum atomic E-state index is -1.59. The summed E-state index contributed by atoms with van der Waals surface area (Å²) >= 11 is 0. The van der Waals surface area contributed by atoms with Gasteiger partial charge in [0.05, 0.1) is 8.07 Å². The summed E-state index contributed by atoms with van der Waals surface area (Å²) in [6, 6.07) is 18.6. The third-order valence-corrected chi connectivity index (χ3v) is 6.29. The number of fused-ring (bicyclic) bond motifs is 1. The highest BCUT2D eigenvalue weighted by molar-refractivity contribution is 6.95. The lowest BCUT2D eigenvalue weighted by molar-refractivity contribution is 0.125. The van der Waals surface area contributed by atoms with Crippen molar-refractivity contribution in [3.05, 3.63) is 71.3 Å². The van der Waals surface area contributed by atoms with Gasteiger partial charge in [-0.1, -0.05) is 74.2 Å². The molecule has 0 radical (unpaired) electrons. The molecule has 2 heteroatoms. The molecule has 1 atom stereocenters. The molecule has 108 valence electrons. The molecule has 1 nitrogen and oxygen atoms in total. The standard InChI is InChI=1S/C19H22OSi/c1-19(20)16-13-9-8-12-15(16)18(21(2,3)4)17(19)14-10-6-5-7-11-14/h5-13,20H,1-4H3. The maximum Gasteiger partial charge on any atom is 0.113 e. The summed E-state index contributed by atoms with van der Waals surface area (Å²) in [5.74, 6) is 0. The summed E-state index contributed by atoms with van der Waals surface area (Å²) in [4.78, 5) is 0. The molecule has 2 aromatic carbocycles. The second kappa shape index (κ2) is 4.69. The predicted octanol–water partition coefficient (Wildman–Crippen LogP) is 4.70.